The van der Waals surface area contributed by atoms with E-state index in [9.17, 15) is 4.79 Å². The summed E-state index contributed by atoms with van der Waals surface area (Å²) in [5.74, 6) is -1.06. The zero-order valence-electron chi connectivity index (χ0n) is 10.8. The molecule has 0 heterocycles. The van der Waals surface area contributed by atoms with Gasteiger partial charge >= 0.3 is 0 Å². The third-order valence-corrected chi connectivity index (χ3v) is 2.54. The van der Waals surface area contributed by atoms with Crippen molar-refractivity contribution < 1.29 is 9.53 Å². The molecule has 1 unspecified atom stereocenters. The van der Waals surface area contributed by atoms with E-state index in [1.807, 2.05) is 24.3 Å². The van der Waals surface area contributed by atoms with Gasteiger partial charge in [-0.3, -0.25) is 4.79 Å². The molecule has 0 fully saturated rings. The van der Waals surface area contributed by atoms with E-state index in [2.05, 4.69) is 11.9 Å². The van der Waals surface area contributed by atoms with E-state index in [4.69, 9.17) is 10.00 Å². The molecule has 0 spiro atoms. The number of rotatable bonds is 8. The molecular formula is C15H18N2O2. The van der Waals surface area contributed by atoms with Gasteiger partial charge in [0.25, 0.3) is 0 Å². The summed E-state index contributed by atoms with van der Waals surface area (Å²) >= 11 is 0. The van der Waals surface area contributed by atoms with Crippen molar-refractivity contribution >= 4 is 5.91 Å². The molecule has 1 rings (SSSR count). The number of nitriles is 1. The van der Waals surface area contributed by atoms with Crippen LogP contribution in [0.25, 0.3) is 0 Å². The Bertz CT molecular complexity index is 437. The fourth-order valence-corrected chi connectivity index (χ4v) is 1.55. The molecule has 0 aliphatic carbocycles. The van der Waals surface area contributed by atoms with Gasteiger partial charge < -0.3 is 10.1 Å². The molecule has 1 aromatic rings. The zero-order chi connectivity index (χ0) is 13.9. The van der Waals surface area contributed by atoms with Crippen LogP contribution in [0.1, 0.15) is 17.9 Å². The van der Waals surface area contributed by atoms with E-state index in [0.29, 0.717) is 25.3 Å². The highest BCUT2D eigenvalue weighted by Gasteiger charge is 2.18. The van der Waals surface area contributed by atoms with Gasteiger partial charge in [0.2, 0.25) is 5.91 Å². The largest absolute Gasteiger partial charge is 0.379 e. The SMILES string of the molecule is C=CCCOCCNC(=O)C(C#N)c1ccccc1. The predicted molar refractivity (Wildman–Crippen MR) is 73.4 cm³/mol. The maximum Gasteiger partial charge on any atom is 0.241 e. The highest BCUT2D eigenvalue weighted by atomic mass is 16.5. The van der Waals surface area contributed by atoms with Crippen molar-refractivity contribution in [3.05, 3.63) is 48.6 Å². The Morgan fingerprint density at radius 3 is 2.79 bits per heavy atom. The van der Waals surface area contributed by atoms with Gasteiger partial charge in [-0.2, -0.15) is 5.26 Å². The summed E-state index contributed by atoms with van der Waals surface area (Å²) in [6.45, 7) is 5.03. The molecule has 1 N–H and O–H groups in total. The lowest BCUT2D eigenvalue weighted by molar-refractivity contribution is -0.121. The number of hydrogen-bond acceptors (Lipinski definition) is 3. The molecular weight excluding hydrogens is 240 g/mol. The third kappa shape index (κ3) is 5.36. The van der Waals surface area contributed by atoms with Crippen LogP contribution in [0.5, 0.6) is 0 Å². The van der Waals surface area contributed by atoms with Crippen LogP contribution < -0.4 is 5.32 Å². The fraction of sp³-hybridized carbons (Fsp3) is 0.333. The van der Waals surface area contributed by atoms with Gasteiger partial charge in [0.05, 0.1) is 19.3 Å². The second-order valence-corrected chi connectivity index (χ2v) is 3.95. The van der Waals surface area contributed by atoms with Crippen LogP contribution in [-0.4, -0.2) is 25.7 Å². The molecule has 1 aromatic carbocycles. The number of benzene rings is 1. The van der Waals surface area contributed by atoms with Crippen LogP contribution >= 0.6 is 0 Å². The monoisotopic (exact) mass is 258 g/mol. The summed E-state index contributed by atoms with van der Waals surface area (Å²) in [5, 5.41) is 11.8. The molecule has 1 amide bonds. The van der Waals surface area contributed by atoms with Gasteiger partial charge in [-0.1, -0.05) is 36.4 Å². The Morgan fingerprint density at radius 1 is 1.42 bits per heavy atom. The first kappa shape index (κ1) is 14.9. The average molecular weight is 258 g/mol. The molecule has 100 valence electrons. The summed E-state index contributed by atoms with van der Waals surface area (Å²) in [7, 11) is 0. The van der Waals surface area contributed by atoms with Gasteiger partial charge in [0.15, 0.2) is 0 Å². The van der Waals surface area contributed by atoms with E-state index >= 15 is 0 Å². The van der Waals surface area contributed by atoms with Crippen molar-refractivity contribution in [3.63, 3.8) is 0 Å². The zero-order valence-corrected chi connectivity index (χ0v) is 10.8. The quantitative estimate of drug-likeness (QED) is 0.573. The summed E-state index contributed by atoms with van der Waals surface area (Å²) in [6.07, 6.45) is 2.57. The summed E-state index contributed by atoms with van der Waals surface area (Å²) in [6, 6.07) is 11.0. The van der Waals surface area contributed by atoms with Crippen molar-refractivity contribution in [3.8, 4) is 6.07 Å². The number of ether oxygens (including phenoxy) is 1. The smallest absolute Gasteiger partial charge is 0.241 e. The molecule has 0 saturated heterocycles. The van der Waals surface area contributed by atoms with Crippen molar-refractivity contribution in [1.82, 2.24) is 5.32 Å². The Kier molecular flexibility index (Phi) is 7.00. The lowest BCUT2D eigenvalue weighted by Crippen LogP contribution is -2.31. The Labute approximate surface area is 113 Å². The normalized spacial score (nSPS) is 11.3. The van der Waals surface area contributed by atoms with E-state index < -0.39 is 5.92 Å². The number of carbonyl (C=O) groups is 1. The Balaban J connectivity index is 2.35. The van der Waals surface area contributed by atoms with Crippen LogP contribution in [0, 0.1) is 11.3 Å². The van der Waals surface area contributed by atoms with Crippen LogP contribution in [0.3, 0.4) is 0 Å². The first-order valence-electron chi connectivity index (χ1n) is 6.20. The maximum atomic E-state index is 11.9. The van der Waals surface area contributed by atoms with E-state index in [1.165, 1.54) is 0 Å². The highest BCUT2D eigenvalue weighted by molar-refractivity contribution is 5.86. The van der Waals surface area contributed by atoms with E-state index in [-0.39, 0.29) is 5.91 Å². The van der Waals surface area contributed by atoms with E-state index in [1.54, 1.807) is 18.2 Å². The maximum absolute atomic E-state index is 11.9. The minimum atomic E-state index is -0.769. The van der Waals surface area contributed by atoms with Gasteiger partial charge in [-0.05, 0) is 12.0 Å². The molecule has 19 heavy (non-hydrogen) atoms. The number of nitrogens with zero attached hydrogens (tertiary/aromatic N) is 1. The van der Waals surface area contributed by atoms with Crippen LogP contribution in [0.4, 0.5) is 0 Å². The summed E-state index contributed by atoms with van der Waals surface area (Å²) in [4.78, 5) is 11.9. The number of hydrogen-bond donors (Lipinski definition) is 1. The third-order valence-electron chi connectivity index (χ3n) is 2.54. The standard InChI is InChI=1S/C15H18N2O2/c1-2-3-10-19-11-9-17-15(18)14(12-16)13-7-5-4-6-8-13/h2,4-8,14H,1,3,9-11H2,(H,17,18). The molecule has 1 atom stereocenters. The van der Waals surface area contributed by atoms with Crippen LogP contribution in [0.2, 0.25) is 0 Å². The number of amides is 1. The summed E-state index contributed by atoms with van der Waals surface area (Å²) < 4.78 is 5.27. The highest BCUT2D eigenvalue weighted by Crippen LogP contribution is 2.14. The molecule has 0 saturated carbocycles. The molecule has 4 nitrogen and oxygen atoms in total. The second kappa shape index (κ2) is 8.90. The lowest BCUT2D eigenvalue weighted by atomic mass is 10.00. The van der Waals surface area contributed by atoms with Gasteiger partial charge in [0.1, 0.15) is 5.92 Å². The molecule has 4 heteroatoms. The topological polar surface area (TPSA) is 62.1 Å². The minimum Gasteiger partial charge on any atom is -0.379 e. The Morgan fingerprint density at radius 2 is 2.16 bits per heavy atom. The van der Waals surface area contributed by atoms with Crippen molar-refractivity contribution in [2.24, 2.45) is 0 Å². The summed E-state index contributed by atoms with van der Waals surface area (Å²) in [5.41, 5.74) is 0.704. The molecule has 0 aromatic heterocycles. The van der Waals surface area contributed by atoms with Gasteiger partial charge in [-0.15, -0.1) is 6.58 Å². The Hall–Kier alpha value is -2.12. The van der Waals surface area contributed by atoms with E-state index in [0.717, 1.165) is 6.42 Å². The molecule has 0 bridgehead atoms. The van der Waals surface area contributed by atoms with Crippen molar-refractivity contribution in [1.29, 1.82) is 5.26 Å². The van der Waals surface area contributed by atoms with Crippen molar-refractivity contribution in [2.75, 3.05) is 19.8 Å². The first-order valence-corrected chi connectivity index (χ1v) is 6.20. The molecule has 0 aliphatic rings. The second-order valence-electron chi connectivity index (χ2n) is 3.95. The molecule has 0 radical (unpaired) electrons. The fourth-order valence-electron chi connectivity index (χ4n) is 1.55. The van der Waals surface area contributed by atoms with Crippen LogP contribution in [-0.2, 0) is 9.53 Å². The van der Waals surface area contributed by atoms with Crippen molar-refractivity contribution in [2.45, 2.75) is 12.3 Å². The van der Waals surface area contributed by atoms with Gasteiger partial charge in [0, 0.05) is 6.54 Å². The first-order chi connectivity index (χ1) is 9.29. The van der Waals surface area contributed by atoms with Crippen LogP contribution in [0.15, 0.2) is 43.0 Å². The number of nitrogens with one attached hydrogen (secondary N) is 1. The predicted octanol–water partition coefficient (Wildman–Crippen LogP) is 2.00. The number of carbonyl (C=O) groups excluding carboxylic acids is 1. The molecule has 0 aliphatic heterocycles. The van der Waals surface area contributed by atoms with Gasteiger partial charge in [-0.25, -0.2) is 0 Å². The minimum absolute atomic E-state index is 0.291. The average Bonchev–Trinajstić information content (AvgIpc) is 2.45. The lowest BCUT2D eigenvalue weighted by Gasteiger charge is -2.10.